The maximum absolute atomic E-state index is 13.9. The van der Waals surface area contributed by atoms with Crippen molar-refractivity contribution in [1.82, 2.24) is 15.4 Å². The van der Waals surface area contributed by atoms with Crippen LogP contribution in [0.3, 0.4) is 0 Å². The van der Waals surface area contributed by atoms with E-state index in [1.807, 2.05) is 0 Å². The molecule has 12 heteroatoms. The minimum absolute atomic E-state index is 0.0706. The monoisotopic (exact) mass is 445 g/mol. The molecule has 1 N–H and O–H groups in total. The first-order valence-corrected chi connectivity index (χ1v) is 8.87. The summed E-state index contributed by atoms with van der Waals surface area (Å²) in [5.74, 6) is -1.46. The van der Waals surface area contributed by atoms with Crippen LogP contribution in [-0.2, 0) is 0 Å². The van der Waals surface area contributed by atoms with Gasteiger partial charge >= 0.3 is 0 Å². The predicted molar refractivity (Wildman–Crippen MR) is 108 cm³/mol. The standard InChI is InChI=1S/C19H13ClFN5O5/c1-30-15-6-5-11(7-16(15)31-18-14(21)10-22-19(20)24-18)9-23-25-17(27)12-3-2-4-13(8-12)26(28)29/h2-10H,1H3,(H,25,27). The van der Waals surface area contributed by atoms with Crippen molar-refractivity contribution in [2.45, 2.75) is 0 Å². The molecule has 3 aromatic rings. The van der Waals surface area contributed by atoms with Crippen molar-refractivity contribution >= 4 is 29.4 Å². The number of hydrazone groups is 1. The molecule has 0 aliphatic heterocycles. The Labute approximate surface area is 179 Å². The van der Waals surface area contributed by atoms with E-state index in [0.717, 1.165) is 12.3 Å². The Kier molecular flexibility index (Phi) is 6.67. The number of nitro groups is 1. The van der Waals surface area contributed by atoms with Crippen LogP contribution in [-0.4, -0.2) is 34.1 Å². The van der Waals surface area contributed by atoms with Crippen LogP contribution in [0.2, 0.25) is 5.28 Å². The van der Waals surface area contributed by atoms with Crippen LogP contribution < -0.4 is 14.9 Å². The van der Waals surface area contributed by atoms with Gasteiger partial charge in [-0.15, -0.1) is 0 Å². The average molecular weight is 446 g/mol. The largest absolute Gasteiger partial charge is 0.493 e. The average Bonchev–Trinajstić information content (AvgIpc) is 2.76. The summed E-state index contributed by atoms with van der Waals surface area (Å²) in [6.45, 7) is 0. The van der Waals surface area contributed by atoms with Crippen molar-refractivity contribution in [1.29, 1.82) is 0 Å². The molecule has 1 heterocycles. The third-order valence-electron chi connectivity index (χ3n) is 3.78. The molecular formula is C19H13ClFN5O5. The molecule has 0 atom stereocenters. The van der Waals surface area contributed by atoms with Crippen LogP contribution in [0, 0.1) is 15.9 Å². The zero-order valence-corrected chi connectivity index (χ0v) is 16.5. The van der Waals surface area contributed by atoms with E-state index < -0.39 is 22.5 Å². The fourth-order valence-corrected chi connectivity index (χ4v) is 2.48. The smallest absolute Gasteiger partial charge is 0.271 e. The second-order valence-electron chi connectivity index (χ2n) is 5.81. The molecule has 31 heavy (non-hydrogen) atoms. The molecule has 1 aromatic heterocycles. The molecule has 158 valence electrons. The van der Waals surface area contributed by atoms with E-state index in [9.17, 15) is 19.3 Å². The predicted octanol–water partition coefficient (Wildman–Crippen LogP) is 3.74. The number of hydrogen-bond donors (Lipinski definition) is 1. The normalized spacial score (nSPS) is 10.7. The SMILES string of the molecule is COc1ccc(C=NNC(=O)c2cccc([N+](=O)[O-])c2)cc1Oc1nc(Cl)ncc1F. The number of rotatable bonds is 7. The molecule has 0 saturated heterocycles. The maximum Gasteiger partial charge on any atom is 0.271 e. The van der Waals surface area contributed by atoms with E-state index in [0.29, 0.717) is 5.56 Å². The summed E-state index contributed by atoms with van der Waals surface area (Å²) in [7, 11) is 1.40. The Morgan fingerprint density at radius 3 is 2.84 bits per heavy atom. The Hall–Kier alpha value is -4.12. The van der Waals surface area contributed by atoms with Crippen LogP contribution in [0.4, 0.5) is 10.1 Å². The summed E-state index contributed by atoms with van der Waals surface area (Å²) < 4.78 is 24.5. The van der Waals surface area contributed by atoms with Crippen LogP contribution in [0.25, 0.3) is 0 Å². The summed E-state index contributed by atoms with van der Waals surface area (Å²) in [4.78, 5) is 29.5. The first kappa shape index (κ1) is 21.6. The van der Waals surface area contributed by atoms with Crippen molar-refractivity contribution in [2.24, 2.45) is 5.10 Å². The molecule has 0 radical (unpaired) electrons. The van der Waals surface area contributed by atoms with Crippen molar-refractivity contribution in [3.63, 3.8) is 0 Å². The van der Waals surface area contributed by atoms with Gasteiger partial charge in [-0.25, -0.2) is 10.4 Å². The first-order valence-electron chi connectivity index (χ1n) is 8.49. The molecule has 0 bridgehead atoms. The van der Waals surface area contributed by atoms with E-state index in [4.69, 9.17) is 21.1 Å². The molecule has 0 aliphatic rings. The Morgan fingerprint density at radius 1 is 1.29 bits per heavy atom. The van der Waals surface area contributed by atoms with E-state index >= 15 is 0 Å². The van der Waals surface area contributed by atoms with Gasteiger partial charge in [0.25, 0.3) is 17.5 Å². The number of hydrogen-bond acceptors (Lipinski definition) is 8. The molecule has 1 amide bonds. The number of ether oxygens (including phenoxy) is 2. The molecule has 10 nitrogen and oxygen atoms in total. The number of carbonyl (C=O) groups excluding carboxylic acids is 1. The Bertz CT molecular complexity index is 1170. The lowest BCUT2D eigenvalue weighted by atomic mass is 10.2. The lowest BCUT2D eigenvalue weighted by Crippen LogP contribution is -2.17. The van der Waals surface area contributed by atoms with Gasteiger partial charge in [0, 0.05) is 17.7 Å². The second-order valence-corrected chi connectivity index (χ2v) is 6.15. The highest BCUT2D eigenvalue weighted by molar-refractivity contribution is 6.28. The summed E-state index contributed by atoms with van der Waals surface area (Å²) >= 11 is 5.66. The van der Waals surface area contributed by atoms with Crippen molar-refractivity contribution in [3.05, 3.63) is 81.0 Å². The number of nitro benzene ring substituents is 1. The van der Waals surface area contributed by atoms with E-state index in [-0.39, 0.29) is 28.0 Å². The molecule has 2 aromatic carbocycles. The number of amides is 1. The summed E-state index contributed by atoms with van der Waals surface area (Å²) in [5.41, 5.74) is 2.59. The zero-order valence-electron chi connectivity index (χ0n) is 15.8. The van der Waals surface area contributed by atoms with Crippen molar-refractivity contribution in [2.75, 3.05) is 7.11 Å². The lowest BCUT2D eigenvalue weighted by Gasteiger charge is -2.10. The number of halogens is 2. The quantitative estimate of drug-likeness (QED) is 0.254. The number of aromatic nitrogens is 2. The number of non-ortho nitro benzene ring substituents is 1. The van der Waals surface area contributed by atoms with Crippen molar-refractivity contribution in [3.8, 4) is 17.4 Å². The number of methoxy groups -OCH3 is 1. The van der Waals surface area contributed by atoms with Gasteiger partial charge in [-0.1, -0.05) is 6.07 Å². The van der Waals surface area contributed by atoms with Gasteiger partial charge in [0.15, 0.2) is 11.5 Å². The van der Waals surface area contributed by atoms with Gasteiger partial charge < -0.3 is 9.47 Å². The Balaban J connectivity index is 1.76. The molecule has 0 spiro atoms. The number of nitrogens with zero attached hydrogens (tertiary/aromatic N) is 4. The maximum atomic E-state index is 13.9. The van der Waals surface area contributed by atoms with Gasteiger partial charge in [-0.3, -0.25) is 14.9 Å². The summed E-state index contributed by atoms with van der Waals surface area (Å²) in [6.07, 6.45) is 2.16. The molecule has 0 unspecified atom stereocenters. The third kappa shape index (κ3) is 5.48. The minimum Gasteiger partial charge on any atom is -0.493 e. The van der Waals surface area contributed by atoms with Gasteiger partial charge in [0.05, 0.1) is 24.4 Å². The van der Waals surface area contributed by atoms with Crippen LogP contribution >= 0.6 is 11.6 Å². The third-order valence-corrected chi connectivity index (χ3v) is 3.96. The fraction of sp³-hybridized carbons (Fsp3) is 0.0526. The van der Waals surface area contributed by atoms with E-state index in [1.165, 1.54) is 37.6 Å². The van der Waals surface area contributed by atoms with Crippen LogP contribution in [0.5, 0.6) is 17.4 Å². The minimum atomic E-state index is -0.824. The first-order chi connectivity index (χ1) is 14.9. The van der Waals surface area contributed by atoms with Gasteiger partial charge in [0.1, 0.15) is 0 Å². The number of nitrogens with one attached hydrogen (secondary N) is 1. The lowest BCUT2D eigenvalue weighted by molar-refractivity contribution is -0.384. The van der Waals surface area contributed by atoms with Gasteiger partial charge in [0.2, 0.25) is 11.1 Å². The van der Waals surface area contributed by atoms with E-state index in [1.54, 1.807) is 12.1 Å². The summed E-state index contributed by atoms with van der Waals surface area (Å²) in [5, 5.41) is 14.4. The molecule has 0 fully saturated rings. The zero-order chi connectivity index (χ0) is 22.4. The van der Waals surface area contributed by atoms with Gasteiger partial charge in [-0.2, -0.15) is 14.5 Å². The number of benzene rings is 2. The Morgan fingerprint density at radius 2 is 2.10 bits per heavy atom. The molecular weight excluding hydrogens is 433 g/mol. The van der Waals surface area contributed by atoms with Crippen molar-refractivity contribution < 1.29 is 23.6 Å². The fourth-order valence-electron chi connectivity index (χ4n) is 2.35. The summed E-state index contributed by atoms with van der Waals surface area (Å²) in [6, 6.07) is 9.83. The highest BCUT2D eigenvalue weighted by Crippen LogP contribution is 2.32. The molecule has 0 aliphatic carbocycles. The highest BCUT2D eigenvalue weighted by atomic mass is 35.5. The molecule has 3 rings (SSSR count). The highest BCUT2D eigenvalue weighted by Gasteiger charge is 2.13. The topological polar surface area (TPSA) is 129 Å². The van der Waals surface area contributed by atoms with E-state index in [2.05, 4.69) is 20.5 Å². The van der Waals surface area contributed by atoms with Crippen LogP contribution in [0.1, 0.15) is 15.9 Å². The number of carbonyl (C=O) groups is 1. The molecule has 0 saturated carbocycles. The second kappa shape index (κ2) is 9.59. The van der Waals surface area contributed by atoms with Crippen LogP contribution in [0.15, 0.2) is 53.8 Å². The van der Waals surface area contributed by atoms with Gasteiger partial charge in [-0.05, 0) is 41.4 Å².